The first-order valence-electron chi connectivity index (χ1n) is 19.0. The maximum absolute atomic E-state index is 6.64. The fraction of sp³-hybridized carbons (Fsp3) is 0. The minimum Gasteiger partial charge on any atom is -0.456 e. The summed E-state index contributed by atoms with van der Waals surface area (Å²) >= 11 is 0. The van der Waals surface area contributed by atoms with Crippen LogP contribution in [0.1, 0.15) is 0 Å². The summed E-state index contributed by atoms with van der Waals surface area (Å²) < 4.78 is 15.3. The maximum Gasteiger partial charge on any atom is 0.164 e. The van der Waals surface area contributed by atoms with Gasteiger partial charge in [-0.2, -0.15) is 0 Å². The van der Waals surface area contributed by atoms with E-state index in [0.717, 1.165) is 88.4 Å². The molecule has 4 heterocycles. The quantitative estimate of drug-likeness (QED) is 0.176. The van der Waals surface area contributed by atoms with E-state index in [0.29, 0.717) is 17.5 Å². The lowest BCUT2D eigenvalue weighted by Gasteiger charge is -2.10. The van der Waals surface area contributed by atoms with E-state index in [1.807, 2.05) is 72.8 Å². The SMILES string of the molecule is c1ccc(-c2nc(-c3ccc4oc5cccc(-c6ccccc6)c5c4c3)nc(-c3cccc4oc5cc(-n6c7ccccc7c7ccccc76)ccc5c34)n2)cc1. The molecule has 4 aromatic heterocycles. The van der Waals surface area contributed by atoms with Crippen LogP contribution in [-0.2, 0) is 0 Å². The first kappa shape index (κ1) is 31.5. The molecule has 0 N–H and O–H groups in total. The zero-order valence-corrected chi connectivity index (χ0v) is 30.4. The lowest BCUT2D eigenvalue weighted by atomic mass is 9.99. The van der Waals surface area contributed by atoms with Crippen molar-refractivity contribution < 1.29 is 8.83 Å². The van der Waals surface area contributed by atoms with Crippen molar-refractivity contribution >= 4 is 65.7 Å². The molecule has 8 aromatic carbocycles. The fourth-order valence-electron chi connectivity index (χ4n) is 8.51. The van der Waals surface area contributed by atoms with Crippen molar-refractivity contribution in [2.75, 3.05) is 0 Å². The average molecular weight is 731 g/mol. The van der Waals surface area contributed by atoms with Crippen LogP contribution in [0.2, 0.25) is 0 Å². The largest absolute Gasteiger partial charge is 0.456 e. The number of nitrogens with zero attached hydrogens (tertiary/aromatic N) is 4. The topological polar surface area (TPSA) is 69.9 Å². The molecule has 0 saturated carbocycles. The second-order valence-corrected chi connectivity index (χ2v) is 14.4. The molecule has 0 aliphatic rings. The molecule has 0 amide bonds. The van der Waals surface area contributed by atoms with Gasteiger partial charge in [0.1, 0.15) is 22.3 Å². The number of benzene rings is 8. The van der Waals surface area contributed by atoms with Crippen LogP contribution in [0.4, 0.5) is 0 Å². The Labute approximate surface area is 325 Å². The Balaban J connectivity index is 1.05. The second kappa shape index (κ2) is 12.3. The Morgan fingerprint density at radius 1 is 0.333 bits per heavy atom. The van der Waals surface area contributed by atoms with Gasteiger partial charge in [0, 0.05) is 60.8 Å². The van der Waals surface area contributed by atoms with Gasteiger partial charge in [0.2, 0.25) is 0 Å². The molecule has 0 fully saturated rings. The number of rotatable bonds is 5. The third kappa shape index (κ3) is 4.94. The Hall–Kier alpha value is -7.83. The molecule has 0 radical (unpaired) electrons. The maximum atomic E-state index is 6.64. The van der Waals surface area contributed by atoms with E-state index in [-0.39, 0.29) is 0 Å². The van der Waals surface area contributed by atoms with Gasteiger partial charge in [0.15, 0.2) is 17.5 Å². The van der Waals surface area contributed by atoms with Gasteiger partial charge in [-0.3, -0.25) is 0 Å². The van der Waals surface area contributed by atoms with Crippen LogP contribution >= 0.6 is 0 Å². The molecule has 0 spiro atoms. The Morgan fingerprint density at radius 3 is 1.63 bits per heavy atom. The molecule has 266 valence electrons. The van der Waals surface area contributed by atoms with E-state index in [2.05, 4.69) is 114 Å². The van der Waals surface area contributed by atoms with Crippen molar-refractivity contribution in [3.8, 4) is 51.0 Å². The lowest BCUT2D eigenvalue weighted by molar-refractivity contribution is 0.668. The van der Waals surface area contributed by atoms with Crippen molar-refractivity contribution in [3.05, 3.63) is 182 Å². The van der Waals surface area contributed by atoms with Crippen LogP contribution in [0.15, 0.2) is 191 Å². The summed E-state index contributed by atoms with van der Waals surface area (Å²) in [7, 11) is 0. The van der Waals surface area contributed by atoms with E-state index in [9.17, 15) is 0 Å². The Bertz CT molecular complexity index is 3470. The van der Waals surface area contributed by atoms with Crippen molar-refractivity contribution in [3.63, 3.8) is 0 Å². The summed E-state index contributed by atoms with van der Waals surface area (Å²) in [5, 5.41) is 6.46. The van der Waals surface area contributed by atoms with E-state index in [1.165, 1.54) is 10.8 Å². The van der Waals surface area contributed by atoms with Gasteiger partial charge in [-0.25, -0.2) is 15.0 Å². The number of aromatic nitrogens is 4. The molecule has 57 heavy (non-hydrogen) atoms. The Morgan fingerprint density at radius 2 is 0.912 bits per heavy atom. The van der Waals surface area contributed by atoms with Crippen LogP contribution in [0.5, 0.6) is 0 Å². The van der Waals surface area contributed by atoms with E-state index >= 15 is 0 Å². The molecule has 0 atom stereocenters. The summed E-state index contributed by atoms with van der Waals surface area (Å²) in [6, 6.07) is 62.6. The van der Waals surface area contributed by atoms with Crippen molar-refractivity contribution in [2.24, 2.45) is 0 Å². The molecule has 6 nitrogen and oxygen atoms in total. The zero-order chi connectivity index (χ0) is 37.5. The molecule has 0 aliphatic carbocycles. The highest BCUT2D eigenvalue weighted by molar-refractivity contribution is 6.15. The summed E-state index contributed by atoms with van der Waals surface area (Å²) in [4.78, 5) is 15.4. The lowest BCUT2D eigenvalue weighted by Crippen LogP contribution is -2.00. The van der Waals surface area contributed by atoms with Crippen LogP contribution in [0, 0.1) is 0 Å². The smallest absolute Gasteiger partial charge is 0.164 e. The standard InChI is InChI=1S/C51H30N4O2/c1-3-13-31(14-4-1)35-19-11-23-44-47(35)40-29-33(25-28-43(40)56-44)50-52-49(32-15-5-2-6-16-32)53-51(54-50)39-20-12-24-45-48(39)38-27-26-34(30-46(38)57-45)55-41-21-9-7-17-36(41)37-18-8-10-22-42(37)55/h1-30H. The van der Waals surface area contributed by atoms with Gasteiger partial charge in [0.05, 0.1) is 11.0 Å². The highest BCUT2D eigenvalue weighted by atomic mass is 16.3. The summed E-state index contributed by atoms with van der Waals surface area (Å²) in [5.41, 5.74) is 11.4. The number of fused-ring (bicyclic) bond motifs is 9. The first-order chi connectivity index (χ1) is 28.2. The summed E-state index contributed by atoms with van der Waals surface area (Å²) in [5.74, 6) is 1.74. The first-order valence-corrected chi connectivity index (χ1v) is 19.0. The third-order valence-corrected chi connectivity index (χ3v) is 11.1. The van der Waals surface area contributed by atoms with Gasteiger partial charge >= 0.3 is 0 Å². The zero-order valence-electron chi connectivity index (χ0n) is 30.4. The summed E-state index contributed by atoms with van der Waals surface area (Å²) in [6.07, 6.45) is 0. The monoisotopic (exact) mass is 730 g/mol. The number of hydrogen-bond donors (Lipinski definition) is 0. The molecule has 12 rings (SSSR count). The molecule has 6 heteroatoms. The molecule has 0 unspecified atom stereocenters. The van der Waals surface area contributed by atoms with E-state index in [4.69, 9.17) is 23.8 Å². The number of furan rings is 2. The predicted octanol–water partition coefficient (Wildman–Crippen LogP) is 13.4. The molecule has 12 aromatic rings. The van der Waals surface area contributed by atoms with E-state index in [1.54, 1.807) is 0 Å². The molecular weight excluding hydrogens is 701 g/mol. The van der Waals surface area contributed by atoms with E-state index < -0.39 is 0 Å². The minimum atomic E-state index is 0.570. The average Bonchev–Trinajstić information content (AvgIpc) is 3.96. The highest BCUT2D eigenvalue weighted by Crippen LogP contribution is 2.41. The highest BCUT2D eigenvalue weighted by Gasteiger charge is 2.20. The van der Waals surface area contributed by atoms with Gasteiger partial charge < -0.3 is 13.4 Å². The molecule has 0 aliphatic heterocycles. The minimum absolute atomic E-state index is 0.570. The fourth-order valence-corrected chi connectivity index (χ4v) is 8.51. The second-order valence-electron chi connectivity index (χ2n) is 14.4. The summed E-state index contributed by atoms with van der Waals surface area (Å²) in [6.45, 7) is 0. The number of hydrogen-bond acceptors (Lipinski definition) is 5. The van der Waals surface area contributed by atoms with Crippen LogP contribution < -0.4 is 0 Å². The predicted molar refractivity (Wildman–Crippen MR) is 230 cm³/mol. The van der Waals surface area contributed by atoms with Gasteiger partial charge in [-0.15, -0.1) is 0 Å². The van der Waals surface area contributed by atoms with Crippen molar-refractivity contribution in [2.45, 2.75) is 0 Å². The third-order valence-electron chi connectivity index (χ3n) is 11.1. The number of para-hydroxylation sites is 2. The molecular formula is C51H30N4O2. The van der Waals surface area contributed by atoms with Crippen LogP contribution in [0.25, 0.3) is 117 Å². The van der Waals surface area contributed by atoms with Crippen molar-refractivity contribution in [1.29, 1.82) is 0 Å². The van der Waals surface area contributed by atoms with Gasteiger partial charge in [0.25, 0.3) is 0 Å². The van der Waals surface area contributed by atoms with Gasteiger partial charge in [-0.05, 0) is 65.7 Å². The van der Waals surface area contributed by atoms with Crippen molar-refractivity contribution in [1.82, 2.24) is 19.5 Å². The van der Waals surface area contributed by atoms with Gasteiger partial charge in [-0.1, -0.05) is 121 Å². The molecule has 0 saturated heterocycles. The van der Waals surface area contributed by atoms with Crippen LogP contribution in [0.3, 0.4) is 0 Å². The normalized spacial score (nSPS) is 11.9. The Kier molecular flexibility index (Phi) is 6.83. The molecule has 0 bridgehead atoms. The van der Waals surface area contributed by atoms with Crippen LogP contribution in [-0.4, -0.2) is 19.5 Å².